The highest BCUT2D eigenvalue weighted by atomic mass is 32.2. The number of carbonyl (C=O) groups is 1. The standard InChI is InChI=1S/C19H21N2O3S/c1-4-21-11-14(10-20-21)17(22)15-9-12(2)18-16(13(15)3)19(5-8-25-18)23-6-7-24-19/h9-10H,4-8H2,1-3H3. The van der Waals surface area contributed by atoms with E-state index in [1.807, 2.05) is 31.7 Å². The molecular formula is C19H21N2O3S. The van der Waals surface area contributed by atoms with Gasteiger partial charge in [0.1, 0.15) is 0 Å². The van der Waals surface area contributed by atoms with Crippen LogP contribution in [0.4, 0.5) is 0 Å². The van der Waals surface area contributed by atoms with E-state index in [1.165, 1.54) is 4.90 Å². The number of nitrogens with zero attached hydrogens (tertiary/aromatic N) is 2. The molecule has 0 atom stereocenters. The third-order valence-electron chi connectivity index (χ3n) is 4.90. The number of thioether (sulfide) groups is 1. The summed E-state index contributed by atoms with van der Waals surface area (Å²) in [6.45, 7) is 7.90. The van der Waals surface area contributed by atoms with E-state index in [4.69, 9.17) is 9.47 Å². The third-order valence-corrected chi connectivity index (χ3v) is 6.12. The fourth-order valence-corrected chi connectivity index (χ4v) is 4.98. The molecule has 5 nitrogen and oxygen atoms in total. The first kappa shape index (κ1) is 16.8. The van der Waals surface area contributed by atoms with Gasteiger partial charge in [0.25, 0.3) is 0 Å². The van der Waals surface area contributed by atoms with Crippen molar-refractivity contribution in [2.75, 3.05) is 19.0 Å². The Balaban J connectivity index is 1.85. The number of ketones is 1. The van der Waals surface area contributed by atoms with E-state index in [-0.39, 0.29) is 5.78 Å². The molecule has 0 aliphatic carbocycles. The van der Waals surface area contributed by atoms with Gasteiger partial charge < -0.3 is 9.47 Å². The van der Waals surface area contributed by atoms with Crippen molar-refractivity contribution >= 4 is 17.5 Å². The summed E-state index contributed by atoms with van der Waals surface area (Å²) >= 11 is 1.82. The molecule has 0 N–H and O–H groups in total. The van der Waals surface area contributed by atoms with Crippen LogP contribution >= 0.6 is 11.8 Å². The zero-order chi connectivity index (χ0) is 17.6. The number of aryl methyl sites for hydroxylation is 2. The summed E-state index contributed by atoms with van der Waals surface area (Å²) in [6.07, 6.45) is 5.44. The van der Waals surface area contributed by atoms with Crippen LogP contribution in [0.2, 0.25) is 0 Å². The molecule has 3 heterocycles. The predicted molar refractivity (Wildman–Crippen MR) is 95.0 cm³/mol. The fraction of sp³-hybridized carbons (Fsp3) is 0.474. The summed E-state index contributed by atoms with van der Waals surface area (Å²) in [5, 5.41) is 4.18. The lowest BCUT2D eigenvalue weighted by atomic mass is 9.89. The highest BCUT2D eigenvalue weighted by Gasteiger charge is 2.45. The highest BCUT2D eigenvalue weighted by molar-refractivity contribution is 7.99. The Kier molecular flexibility index (Phi) is 4.22. The topological polar surface area (TPSA) is 53.4 Å². The molecule has 0 amide bonds. The number of rotatable bonds is 3. The van der Waals surface area contributed by atoms with Gasteiger partial charge in [0.15, 0.2) is 11.6 Å². The van der Waals surface area contributed by atoms with Crippen molar-refractivity contribution < 1.29 is 14.3 Å². The molecule has 1 saturated heterocycles. The lowest BCUT2D eigenvalue weighted by Crippen LogP contribution is -2.33. The van der Waals surface area contributed by atoms with E-state index in [1.54, 1.807) is 10.9 Å². The number of aromatic nitrogens is 2. The maximum absolute atomic E-state index is 13.1. The minimum absolute atomic E-state index is 0.0492. The minimum atomic E-state index is -0.691. The van der Waals surface area contributed by atoms with Crippen LogP contribution < -0.4 is 0 Å². The van der Waals surface area contributed by atoms with Crippen LogP contribution in [-0.4, -0.2) is 34.5 Å². The van der Waals surface area contributed by atoms with Crippen LogP contribution in [0.25, 0.3) is 0 Å². The molecule has 0 bridgehead atoms. The van der Waals surface area contributed by atoms with E-state index in [0.29, 0.717) is 30.9 Å². The molecule has 6 heteroatoms. The second-order valence-electron chi connectivity index (χ2n) is 6.43. The molecule has 2 aliphatic heterocycles. The monoisotopic (exact) mass is 357 g/mol. The van der Waals surface area contributed by atoms with Crippen LogP contribution in [0, 0.1) is 20.0 Å². The summed E-state index contributed by atoms with van der Waals surface area (Å²) in [4.78, 5) is 14.3. The van der Waals surface area contributed by atoms with Crippen molar-refractivity contribution in [1.29, 1.82) is 0 Å². The molecule has 0 unspecified atom stereocenters. The predicted octanol–water partition coefficient (Wildman–Crippen LogP) is 3.25. The minimum Gasteiger partial charge on any atom is -0.343 e. The molecule has 1 radical (unpaired) electrons. The van der Waals surface area contributed by atoms with Gasteiger partial charge >= 0.3 is 0 Å². The molecule has 131 valence electrons. The summed E-state index contributed by atoms with van der Waals surface area (Å²) in [6, 6.07) is 1.98. The summed E-state index contributed by atoms with van der Waals surface area (Å²) in [5.41, 5.74) is 4.25. The van der Waals surface area contributed by atoms with Crippen molar-refractivity contribution in [1.82, 2.24) is 9.78 Å². The van der Waals surface area contributed by atoms with Gasteiger partial charge in [-0.3, -0.25) is 9.48 Å². The van der Waals surface area contributed by atoms with Crippen molar-refractivity contribution in [2.45, 2.75) is 44.4 Å². The first-order valence-corrected chi connectivity index (χ1v) is 9.59. The van der Waals surface area contributed by atoms with E-state index >= 15 is 0 Å². The van der Waals surface area contributed by atoms with Crippen LogP contribution in [-0.2, 0) is 21.8 Å². The number of ether oxygens (including phenoxy) is 2. The lowest BCUT2D eigenvalue weighted by molar-refractivity contribution is -0.170. The quantitative estimate of drug-likeness (QED) is 0.790. The smallest absolute Gasteiger partial charge is 0.197 e. The van der Waals surface area contributed by atoms with Crippen LogP contribution in [0.15, 0.2) is 17.2 Å². The first-order valence-electron chi connectivity index (χ1n) is 8.61. The molecule has 1 spiro atoms. The Bertz CT molecular complexity index is 837. The zero-order valence-corrected chi connectivity index (χ0v) is 15.5. The Hall–Kier alpha value is -1.63. The summed E-state index contributed by atoms with van der Waals surface area (Å²) < 4.78 is 13.7. The zero-order valence-electron chi connectivity index (χ0n) is 14.7. The molecule has 4 rings (SSSR count). The molecule has 1 aromatic heterocycles. The van der Waals surface area contributed by atoms with Gasteiger partial charge in [-0.1, -0.05) is 0 Å². The van der Waals surface area contributed by atoms with Gasteiger partial charge in [-0.05, 0) is 38.0 Å². The molecular weight excluding hydrogens is 336 g/mol. The second-order valence-corrected chi connectivity index (χ2v) is 7.54. The summed E-state index contributed by atoms with van der Waals surface area (Å²) in [7, 11) is 0. The van der Waals surface area contributed by atoms with E-state index < -0.39 is 5.79 Å². The molecule has 1 aromatic carbocycles. The van der Waals surface area contributed by atoms with Crippen molar-refractivity contribution in [2.24, 2.45) is 0 Å². The Morgan fingerprint density at radius 2 is 2.16 bits per heavy atom. The van der Waals surface area contributed by atoms with Gasteiger partial charge in [0.2, 0.25) is 0 Å². The normalized spacial score (nSPS) is 18.5. The largest absolute Gasteiger partial charge is 0.343 e. The maximum atomic E-state index is 13.1. The third kappa shape index (κ3) is 2.63. The molecule has 0 saturated carbocycles. The van der Waals surface area contributed by atoms with E-state index in [2.05, 4.69) is 18.2 Å². The van der Waals surface area contributed by atoms with Gasteiger partial charge in [-0.2, -0.15) is 5.10 Å². The summed E-state index contributed by atoms with van der Waals surface area (Å²) in [5.74, 6) is 0.215. The number of hydrogen-bond donors (Lipinski definition) is 0. The van der Waals surface area contributed by atoms with Crippen LogP contribution in [0.3, 0.4) is 0 Å². The van der Waals surface area contributed by atoms with E-state index in [0.717, 1.165) is 28.9 Å². The van der Waals surface area contributed by atoms with Gasteiger partial charge in [0.05, 0.1) is 31.2 Å². The average Bonchev–Trinajstić information content (AvgIpc) is 3.27. The lowest BCUT2D eigenvalue weighted by Gasteiger charge is -2.36. The molecule has 2 aliphatic rings. The SMILES string of the molecule is CCn1[c]c(C(=O)c2cc(C)c3c(c2C)C2(CCS3)OCCO2)cn1. The Morgan fingerprint density at radius 1 is 1.40 bits per heavy atom. The molecule has 2 aromatic rings. The van der Waals surface area contributed by atoms with Crippen LogP contribution in [0.1, 0.15) is 46.0 Å². The highest BCUT2D eigenvalue weighted by Crippen LogP contribution is 2.49. The first-order chi connectivity index (χ1) is 12.1. The van der Waals surface area contributed by atoms with E-state index in [9.17, 15) is 4.79 Å². The van der Waals surface area contributed by atoms with Gasteiger partial charge in [0, 0.05) is 34.7 Å². The number of benzene rings is 1. The average molecular weight is 357 g/mol. The van der Waals surface area contributed by atoms with Crippen LogP contribution in [0.5, 0.6) is 0 Å². The molecule has 1 fully saturated rings. The van der Waals surface area contributed by atoms with Crippen molar-refractivity contribution in [3.8, 4) is 0 Å². The van der Waals surface area contributed by atoms with Crippen molar-refractivity contribution in [3.05, 3.63) is 46.3 Å². The fourth-order valence-electron chi connectivity index (χ4n) is 3.67. The second kappa shape index (κ2) is 6.27. The Morgan fingerprint density at radius 3 is 2.84 bits per heavy atom. The number of fused-ring (bicyclic) bond motifs is 2. The molecule has 25 heavy (non-hydrogen) atoms. The maximum Gasteiger partial charge on any atom is 0.197 e. The Labute approximate surface area is 151 Å². The van der Waals surface area contributed by atoms with Gasteiger partial charge in [-0.15, -0.1) is 11.8 Å². The number of carbonyl (C=O) groups excluding carboxylic acids is 1. The number of hydrogen-bond acceptors (Lipinski definition) is 5. The van der Waals surface area contributed by atoms with Gasteiger partial charge in [-0.25, -0.2) is 0 Å². The van der Waals surface area contributed by atoms with Crippen molar-refractivity contribution in [3.63, 3.8) is 0 Å².